The van der Waals surface area contributed by atoms with Gasteiger partial charge in [0, 0.05) is 0 Å². The van der Waals surface area contributed by atoms with Crippen molar-refractivity contribution in [2.75, 3.05) is 0 Å². The first-order valence-corrected chi connectivity index (χ1v) is 8.88. The Hall–Kier alpha value is -2.58. The van der Waals surface area contributed by atoms with Gasteiger partial charge in [0.1, 0.15) is 11.4 Å². The third-order valence-corrected chi connectivity index (χ3v) is 5.10. The van der Waals surface area contributed by atoms with Crippen LogP contribution in [0.3, 0.4) is 0 Å². The number of rotatable bonds is 5. The summed E-state index contributed by atoms with van der Waals surface area (Å²) in [7, 11) is 0. The molecule has 0 fully saturated rings. The van der Waals surface area contributed by atoms with Crippen LogP contribution in [0.15, 0.2) is 39.4 Å². The lowest BCUT2D eigenvalue weighted by Crippen LogP contribution is -1.99. The first-order valence-electron chi connectivity index (χ1n) is 7.12. The number of fused-ring (bicyclic) bond motifs is 1. The average Bonchev–Trinajstić information content (AvgIpc) is 3.26. The molecular weight excluding hydrogens is 346 g/mol. The highest BCUT2D eigenvalue weighted by molar-refractivity contribution is 7.18. The zero-order valence-electron chi connectivity index (χ0n) is 12.3. The van der Waals surface area contributed by atoms with E-state index in [9.17, 15) is 4.79 Å². The molecule has 0 saturated carbocycles. The molecule has 0 aliphatic carbocycles. The number of thiazole rings is 1. The summed E-state index contributed by atoms with van der Waals surface area (Å²) in [6.45, 7) is 0. The number of aromatic nitrogens is 3. The molecule has 6 nitrogen and oxygen atoms in total. The zero-order valence-corrected chi connectivity index (χ0v) is 13.9. The molecule has 0 saturated heterocycles. The highest BCUT2D eigenvalue weighted by Gasteiger charge is 2.13. The van der Waals surface area contributed by atoms with Crippen molar-refractivity contribution in [2.45, 2.75) is 12.8 Å². The summed E-state index contributed by atoms with van der Waals surface area (Å²) in [6.07, 6.45) is 0.136. The Balaban J connectivity index is 1.58. The van der Waals surface area contributed by atoms with E-state index in [1.807, 2.05) is 6.07 Å². The third kappa shape index (κ3) is 3.06. The van der Waals surface area contributed by atoms with Gasteiger partial charge in [0.05, 0.1) is 16.6 Å². The molecule has 0 radical (unpaired) electrons. The van der Waals surface area contributed by atoms with E-state index in [-0.39, 0.29) is 12.3 Å². The minimum absolute atomic E-state index is 0.110. The monoisotopic (exact) mass is 357 g/mol. The number of carbonyl (C=O) groups is 1. The van der Waals surface area contributed by atoms with Gasteiger partial charge in [-0.1, -0.05) is 6.07 Å². The van der Waals surface area contributed by atoms with E-state index in [0.717, 1.165) is 15.2 Å². The number of carboxylic acids is 1. The molecule has 0 spiro atoms. The second-order valence-corrected chi connectivity index (χ2v) is 7.03. The van der Waals surface area contributed by atoms with Crippen LogP contribution < -0.4 is 0 Å². The van der Waals surface area contributed by atoms with Gasteiger partial charge in [-0.2, -0.15) is 11.3 Å². The van der Waals surface area contributed by atoms with Gasteiger partial charge in [0.15, 0.2) is 0 Å². The van der Waals surface area contributed by atoms with Gasteiger partial charge < -0.3 is 9.52 Å². The van der Waals surface area contributed by atoms with Gasteiger partial charge in [-0.05, 0) is 40.1 Å². The normalized spacial score (nSPS) is 11.2. The molecule has 0 aliphatic heterocycles. The summed E-state index contributed by atoms with van der Waals surface area (Å²) >= 11 is 3.25. The summed E-state index contributed by atoms with van der Waals surface area (Å²) in [5.74, 6) is -0.507. The maximum Gasteiger partial charge on any atom is 0.312 e. The van der Waals surface area contributed by atoms with Crippen molar-refractivity contribution >= 4 is 38.9 Å². The van der Waals surface area contributed by atoms with Gasteiger partial charge in [0.2, 0.25) is 11.8 Å². The summed E-state index contributed by atoms with van der Waals surface area (Å²) in [4.78, 5) is 15.2. The first-order chi connectivity index (χ1) is 11.7. The molecule has 3 aromatic heterocycles. The Morgan fingerprint density at radius 1 is 1.17 bits per heavy atom. The third-order valence-electron chi connectivity index (χ3n) is 3.40. The van der Waals surface area contributed by atoms with Crippen LogP contribution in [0.2, 0.25) is 0 Å². The zero-order chi connectivity index (χ0) is 16.5. The van der Waals surface area contributed by atoms with Crippen molar-refractivity contribution in [1.29, 1.82) is 0 Å². The molecular formula is C16H11N3O3S2. The maximum absolute atomic E-state index is 10.6. The average molecular weight is 357 g/mol. The minimum Gasteiger partial charge on any atom is -0.481 e. The molecule has 0 amide bonds. The van der Waals surface area contributed by atoms with Crippen molar-refractivity contribution in [2.24, 2.45) is 0 Å². The molecule has 4 rings (SSSR count). The van der Waals surface area contributed by atoms with E-state index < -0.39 is 5.97 Å². The lowest BCUT2D eigenvalue weighted by atomic mass is 10.1. The molecule has 4 aromatic rings. The summed E-state index contributed by atoms with van der Waals surface area (Å²) in [5.41, 5.74) is 3.30. The topological polar surface area (TPSA) is 89.1 Å². The molecule has 0 aliphatic rings. The number of carboxylic acid groups (broad SMARTS) is 1. The van der Waals surface area contributed by atoms with Crippen LogP contribution in [-0.2, 0) is 17.6 Å². The summed E-state index contributed by atoms with van der Waals surface area (Å²) in [5, 5.41) is 21.4. The number of hydrogen-bond donors (Lipinski definition) is 1. The standard InChI is InChI=1S/C16H11N3O3S2/c20-16(21)7-14-19-18-13(22-14)6-15-17-11-2-1-9(5-12(11)24-15)10-3-4-23-8-10/h1-5,8H,6-7H2,(H,20,21). The van der Waals surface area contributed by atoms with E-state index in [2.05, 4.69) is 44.1 Å². The Labute approximate surface area is 144 Å². The molecule has 3 heterocycles. The van der Waals surface area contributed by atoms with Crippen molar-refractivity contribution in [3.63, 3.8) is 0 Å². The fourth-order valence-corrected chi connectivity index (χ4v) is 4.01. The number of aliphatic carboxylic acids is 1. The lowest BCUT2D eigenvalue weighted by Gasteiger charge is -1.96. The van der Waals surface area contributed by atoms with Gasteiger partial charge in [0.25, 0.3) is 0 Å². The van der Waals surface area contributed by atoms with Crippen LogP contribution in [0.1, 0.15) is 16.8 Å². The SMILES string of the molecule is O=C(O)Cc1nnc(Cc2nc3ccc(-c4ccsc4)cc3s2)o1. The predicted molar refractivity (Wildman–Crippen MR) is 91.4 cm³/mol. The number of hydrogen-bond acceptors (Lipinski definition) is 7. The van der Waals surface area contributed by atoms with Gasteiger partial charge in [-0.3, -0.25) is 4.79 Å². The molecule has 0 unspecified atom stereocenters. The Bertz CT molecular complexity index is 1000. The van der Waals surface area contributed by atoms with Gasteiger partial charge in [-0.15, -0.1) is 21.5 Å². The molecule has 8 heteroatoms. The predicted octanol–water partition coefficient (Wildman–Crippen LogP) is 3.63. The molecule has 120 valence electrons. The van der Waals surface area contributed by atoms with E-state index in [0.29, 0.717) is 12.3 Å². The Morgan fingerprint density at radius 2 is 2.04 bits per heavy atom. The highest BCUT2D eigenvalue weighted by atomic mass is 32.1. The molecule has 24 heavy (non-hydrogen) atoms. The quantitative estimate of drug-likeness (QED) is 0.587. The number of thiophene rings is 1. The maximum atomic E-state index is 10.6. The fourth-order valence-electron chi connectivity index (χ4n) is 2.35. The van der Waals surface area contributed by atoms with Crippen LogP contribution >= 0.6 is 22.7 Å². The van der Waals surface area contributed by atoms with Crippen molar-refractivity contribution in [1.82, 2.24) is 15.2 Å². The number of benzene rings is 1. The van der Waals surface area contributed by atoms with E-state index in [1.165, 1.54) is 11.1 Å². The number of nitrogens with zero attached hydrogens (tertiary/aromatic N) is 3. The second kappa shape index (κ2) is 6.14. The van der Waals surface area contributed by atoms with Crippen molar-refractivity contribution < 1.29 is 14.3 Å². The van der Waals surface area contributed by atoms with E-state index in [1.54, 1.807) is 22.7 Å². The van der Waals surface area contributed by atoms with E-state index in [4.69, 9.17) is 9.52 Å². The van der Waals surface area contributed by atoms with Gasteiger partial charge in [-0.25, -0.2) is 4.98 Å². The van der Waals surface area contributed by atoms with Crippen molar-refractivity contribution in [3.8, 4) is 11.1 Å². The van der Waals surface area contributed by atoms with Crippen molar-refractivity contribution in [3.05, 3.63) is 51.8 Å². The molecule has 0 bridgehead atoms. The van der Waals surface area contributed by atoms with Crippen LogP contribution in [0.4, 0.5) is 0 Å². The van der Waals surface area contributed by atoms with Crippen LogP contribution in [-0.4, -0.2) is 26.3 Å². The minimum atomic E-state index is -0.994. The first kappa shape index (κ1) is 15.0. The van der Waals surface area contributed by atoms with E-state index >= 15 is 0 Å². The fraction of sp³-hybridized carbons (Fsp3) is 0.125. The summed E-state index contributed by atoms with van der Waals surface area (Å²) < 4.78 is 6.44. The van der Waals surface area contributed by atoms with Crippen LogP contribution in [0.25, 0.3) is 21.3 Å². The highest BCUT2D eigenvalue weighted by Crippen LogP contribution is 2.30. The second-order valence-electron chi connectivity index (χ2n) is 5.14. The van der Waals surface area contributed by atoms with Crippen LogP contribution in [0.5, 0.6) is 0 Å². The summed E-state index contributed by atoms with van der Waals surface area (Å²) in [6, 6.07) is 8.29. The molecule has 1 aromatic carbocycles. The Kier molecular flexibility index (Phi) is 3.83. The molecule has 1 N–H and O–H groups in total. The smallest absolute Gasteiger partial charge is 0.312 e. The van der Waals surface area contributed by atoms with Gasteiger partial charge >= 0.3 is 5.97 Å². The Morgan fingerprint density at radius 3 is 2.83 bits per heavy atom. The lowest BCUT2D eigenvalue weighted by molar-refractivity contribution is -0.136. The largest absolute Gasteiger partial charge is 0.481 e. The molecule has 0 atom stereocenters. The van der Waals surface area contributed by atoms with Crippen LogP contribution in [0, 0.1) is 0 Å².